The molecule has 1 aliphatic rings. The molecular weight excluding hydrogens is 420 g/mol. The van der Waals surface area contributed by atoms with Gasteiger partial charge in [0.2, 0.25) is 11.8 Å². The number of halogens is 4. The third kappa shape index (κ3) is 5.16. The van der Waals surface area contributed by atoms with E-state index < -0.39 is 47.6 Å². The second kappa shape index (κ2) is 8.84. The molecule has 0 fully saturated rings. The lowest BCUT2D eigenvalue weighted by Crippen LogP contribution is -2.56. The number of carbonyl (C=O) groups is 3. The van der Waals surface area contributed by atoms with E-state index in [0.29, 0.717) is 17.7 Å². The quantitative estimate of drug-likeness (QED) is 0.498. The fourth-order valence-corrected chi connectivity index (χ4v) is 3.09. The molecule has 2 atom stereocenters. The summed E-state index contributed by atoms with van der Waals surface area (Å²) in [4.78, 5) is 38.0. The number of para-hydroxylation sites is 1. The first kappa shape index (κ1) is 24.6. The molecule has 1 aromatic rings. The molecule has 10 heteroatoms. The Hall–Kier alpha value is -2.65. The van der Waals surface area contributed by atoms with Crippen molar-refractivity contribution in [3.05, 3.63) is 29.8 Å². The molecule has 31 heavy (non-hydrogen) atoms. The maximum absolute atomic E-state index is 13.4. The monoisotopic (exact) mass is 446 g/mol. The van der Waals surface area contributed by atoms with Gasteiger partial charge < -0.3 is 15.4 Å². The fourth-order valence-electron chi connectivity index (χ4n) is 3.09. The van der Waals surface area contributed by atoms with E-state index in [0.717, 1.165) is 13.8 Å². The number of ketones is 1. The zero-order valence-corrected chi connectivity index (χ0v) is 17.7. The van der Waals surface area contributed by atoms with Crippen molar-refractivity contribution in [3.63, 3.8) is 0 Å². The van der Waals surface area contributed by atoms with Crippen molar-refractivity contribution >= 4 is 17.6 Å². The highest BCUT2D eigenvalue weighted by molar-refractivity contribution is 6.06. The number of Topliss-reactive ketones (excluding diaryl/α,β-unsaturated/α-hetero) is 1. The van der Waals surface area contributed by atoms with Gasteiger partial charge in [-0.2, -0.15) is 8.78 Å². The van der Waals surface area contributed by atoms with Gasteiger partial charge in [0.15, 0.2) is 5.78 Å². The van der Waals surface area contributed by atoms with Crippen LogP contribution in [-0.2, 0) is 14.4 Å². The number of nitrogens with one attached hydrogen (secondary N) is 2. The molecule has 0 bridgehead atoms. The number of rotatable bonds is 7. The van der Waals surface area contributed by atoms with Gasteiger partial charge in [0.25, 0.3) is 0 Å². The second-order valence-corrected chi connectivity index (χ2v) is 8.14. The standard InChI is InChI=1S/C21H26F4N2O4/c1-5-12-13-8-6-7-9-15(13)31-10-14(16(12)28)27-18(30)19(2,3)17(29)26-11-21(24,25)20(4,22)23/h6-9,12,14H,5,10-11H2,1-4H3,(H,26,29)(H,27,30)/t12?,14-/m0/s1. The van der Waals surface area contributed by atoms with Crippen LogP contribution in [0, 0.1) is 5.41 Å². The summed E-state index contributed by atoms with van der Waals surface area (Å²) >= 11 is 0. The molecule has 0 aromatic heterocycles. The SMILES string of the molecule is CCC1C(=O)[C@@H](NC(=O)C(C)(C)C(=O)NCC(F)(F)C(C)(F)F)COc2ccccc21. The summed E-state index contributed by atoms with van der Waals surface area (Å²) in [5, 5.41) is 4.15. The second-order valence-electron chi connectivity index (χ2n) is 8.14. The van der Waals surface area contributed by atoms with Crippen LogP contribution in [-0.4, -0.2) is 48.6 Å². The first-order chi connectivity index (χ1) is 14.2. The largest absolute Gasteiger partial charge is 0.491 e. The van der Waals surface area contributed by atoms with Crippen LogP contribution in [0.2, 0.25) is 0 Å². The van der Waals surface area contributed by atoms with Crippen molar-refractivity contribution in [3.8, 4) is 5.75 Å². The van der Waals surface area contributed by atoms with Crippen LogP contribution >= 0.6 is 0 Å². The Morgan fingerprint density at radius 3 is 2.29 bits per heavy atom. The summed E-state index contributed by atoms with van der Waals surface area (Å²) in [6.07, 6.45) is 0.454. The van der Waals surface area contributed by atoms with E-state index in [4.69, 9.17) is 4.74 Å². The maximum Gasteiger partial charge on any atom is 0.326 e. The van der Waals surface area contributed by atoms with E-state index in [2.05, 4.69) is 5.32 Å². The number of hydrogen-bond acceptors (Lipinski definition) is 4. The lowest BCUT2D eigenvalue weighted by atomic mass is 9.87. The Morgan fingerprint density at radius 1 is 1.10 bits per heavy atom. The molecule has 0 aliphatic carbocycles. The fraction of sp³-hybridized carbons (Fsp3) is 0.571. The molecular formula is C21H26F4N2O4. The summed E-state index contributed by atoms with van der Waals surface area (Å²) in [7, 11) is 0. The van der Waals surface area contributed by atoms with Crippen LogP contribution in [0.5, 0.6) is 5.75 Å². The van der Waals surface area contributed by atoms with Gasteiger partial charge in [-0.3, -0.25) is 14.4 Å². The van der Waals surface area contributed by atoms with Crippen molar-refractivity contribution in [1.29, 1.82) is 0 Å². The minimum atomic E-state index is -4.49. The van der Waals surface area contributed by atoms with E-state index in [1.807, 2.05) is 6.92 Å². The highest BCUT2D eigenvalue weighted by Gasteiger charge is 2.53. The highest BCUT2D eigenvalue weighted by Crippen LogP contribution is 2.34. The average molecular weight is 446 g/mol. The molecule has 2 N–H and O–H groups in total. The third-order valence-corrected chi connectivity index (χ3v) is 5.35. The molecule has 2 rings (SSSR count). The summed E-state index contributed by atoms with van der Waals surface area (Å²) < 4.78 is 58.4. The van der Waals surface area contributed by atoms with Gasteiger partial charge in [0, 0.05) is 18.4 Å². The van der Waals surface area contributed by atoms with Crippen LogP contribution in [0.25, 0.3) is 0 Å². The average Bonchev–Trinajstić information content (AvgIpc) is 2.81. The van der Waals surface area contributed by atoms with Crippen molar-refractivity contribution in [1.82, 2.24) is 10.6 Å². The number of alkyl halides is 4. The van der Waals surface area contributed by atoms with Crippen LogP contribution in [0.4, 0.5) is 17.6 Å². The molecule has 6 nitrogen and oxygen atoms in total. The molecule has 0 spiro atoms. The predicted octanol–water partition coefficient (Wildman–Crippen LogP) is 3.06. The first-order valence-electron chi connectivity index (χ1n) is 9.82. The van der Waals surface area contributed by atoms with Crippen molar-refractivity contribution in [2.75, 3.05) is 13.2 Å². The van der Waals surface area contributed by atoms with Crippen molar-refractivity contribution in [2.45, 2.75) is 57.9 Å². The maximum atomic E-state index is 13.4. The number of hydrogen-bond donors (Lipinski definition) is 2. The zero-order chi connectivity index (χ0) is 23.6. The topological polar surface area (TPSA) is 84.5 Å². The van der Waals surface area contributed by atoms with Crippen LogP contribution in [0.1, 0.15) is 45.6 Å². The van der Waals surface area contributed by atoms with Gasteiger partial charge in [-0.15, -0.1) is 0 Å². The van der Waals surface area contributed by atoms with Crippen LogP contribution in [0.15, 0.2) is 24.3 Å². The minimum absolute atomic E-state index is 0.0385. The molecule has 1 heterocycles. The third-order valence-electron chi connectivity index (χ3n) is 5.35. The predicted molar refractivity (Wildman–Crippen MR) is 104 cm³/mol. The number of fused-ring (bicyclic) bond motifs is 1. The minimum Gasteiger partial charge on any atom is -0.491 e. The van der Waals surface area contributed by atoms with Crippen molar-refractivity contribution < 1.29 is 36.7 Å². The van der Waals surface area contributed by atoms with E-state index in [9.17, 15) is 31.9 Å². The van der Waals surface area contributed by atoms with Crippen LogP contribution < -0.4 is 15.4 Å². The van der Waals surface area contributed by atoms with Crippen LogP contribution in [0.3, 0.4) is 0 Å². The lowest BCUT2D eigenvalue weighted by molar-refractivity contribution is -0.195. The Kier molecular flexibility index (Phi) is 7.02. The molecule has 0 saturated carbocycles. The van der Waals surface area contributed by atoms with E-state index in [-0.39, 0.29) is 19.3 Å². The lowest BCUT2D eigenvalue weighted by Gasteiger charge is -2.28. The number of amides is 2. The van der Waals surface area contributed by atoms with Gasteiger partial charge >= 0.3 is 11.8 Å². The molecule has 172 valence electrons. The van der Waals surface area contributed by atoms with Gasteiger partial charge in [-0.25, -0.2) is 8.78 Å². The van der Waals surface area contributed by atoms with E-state index >= 15 is 0 Å². The molecule has 0 saturated heterocycles. The Labute approximate surface area is 177 Å². The molecule has 1 aliphatic heterocycles. The van der Waals surface area contributed by atoms with Crippen molar-refractivity contribution in [2.24, 2.45) is 5.41 Å². The van der Waals surface area contributed by atoms with E-state index in [1.54, 1.807) is 29.6 Å². The summed E-state index contributed by atoms with van der Waals surface area (Å²) in [6, 6.07) is 5.90. The molecule has 0 radical (unpaired) electrons. The molecule has 1 aromatic carbocycles. The molecule has 2 amide bonds. The first-order valence-corrected chi connectivity index (χ1v) is 9.82. The zero-order valence-electron chi connectivity index (χ0n) is 17.7. The smallest absolute Gasteiger partial charge is 0.326 e. The number of carbonyl (C=O) groups excluding carboxylic acids is 3. The van der Waals surface area contributed by atoms with Gasteiger partial charge in [-0.1, -0.05) is 25.1 Å². The van der Waals surface area contributed by atoms with Gasteiger partial charge in [0.05, 0.1) is 6.54 Å². The summed E-state index contributed by atoms with van der Waals surface area (Å²) in [5.41, 5.74) is -1.22. The summed E-state index contributed by atoms with van der Waals surface area (Å²) in [5.74, 6) is -11.3. The Balaban J connectivity index is 2.11. The summed E-state index contributed by atoms with van der Waals surface area (Å²) in [6.45, 7) is 2.34. The molecule has 1 unspecified atom stereocenters. The Morgan fingerprint density at radius 2 is 1.71 bits per heavy atom. The van der Waals surface area contributed by atoms with Gasteiger partial charge in [-0.05, 0) is 26.3 Å². The van der Waals surface area contributed by atoms with Gasteiger partial charge in [0.1, 0.15) is 23.8 Å². The Bertz CT molecular complexity index is 852. The number of benzene rings is 1. The normalized spacial score (nSPS) is 19.7. The van der Waals surface area contributed by atoms with E-state index in [1.165, 1.54) is 0 Å². The number of ether oxygens (including phenoxy) is 1. The highest BCUT2D eigenvalue weighted by atomic mass is 19.3.